The molecular weight excluding hydrogens is 291 g/mol. The maximum Gasteiger partial charge on any atom is 0.401 e. The van der Waals surface area contributed by atoms with Gasteiger partial charge >= 0.3 is 6.18 Å². The van der Waals surface area contributed by atoms with Crippen LogP contribution in [0.25, 0.3) is 11.0 Å². The van der Waals surface area contributed by atoms with Crippen LogP contribution in [0.15, 0.2) is 18.2 Å². The minimum absolute atomic E-state index is 0.0600. The Hall–Kier alpha value is -1.27. The molecule has 110 valence electrons. The van der Waals surface area contributed by atoms with Crippen LogP contribution in [0.3, 0.4) is 0 Å². The lowest BCUT2D eigenvalue weighted by molar-refractivity contribution is -0.125. The zero-order chi connectivity index (χ0) is 14.8. The van der Waals surface area contributed by atoms with E-state index in [0.29, 0.717) is 22.9 Å². The maximum absolute atomic E-state index is 12.2. The van der Waals surface area contributed by atoms with Crippen molar-refractivity contribution in [2.75, 3.05) is 6.54 Å². The number of aryl methyl sites for hydroxylation is 1. The summed E-state index contributed by atoms with van der Waals surface area (Å²) in [5, 5.41) is 2.93. The van der Waals surface area contributed by atoms with E-state index in [2.05, 4.69) is 10.3 Å². The number of alkyl halides is 3. The second kappa shape index (κ2) is 6.01. The quantitative estimate of drug-likeness (QED) is 0.911. The van der Waals surface area contributed by atoms with Gasteiger partial charge in [0.05, 0.1) is 29.1 Å². The first-order valence-electron chi connectivity index (χ1n) is 6.33. The predicted molar refractivity (Wildman–Crippen MR) is 72.8 cm³/mol. The summed E-state index contributed by atoms with van der Waals surface area (Å²) in [5.41, 5.74) is 1.48. The summed E-state index contributed by atoms with van der Waals surface area (Å²) in [6.07, 6.45) is -3.37. The monoisotopic (exact) mass is 305 g/mol. The highest BCUT2D eigenvalue weighted by molar-refractivity contribution is 6.35. The molecular formula is C13H15ClF3N3. The lowest BCUT2D eigenvalue weighted by Crippen LogP contribution is -2.29. The fraction of sp³-hybridized carbons (Fsp3) is 0.462. The van der Waals surface area contributed by atoms with E-state index in [1.54, 1.807) is 18.2 Å². The number of halogens is 4. The van der Waals surface area contributed by atoms with Crippen LogP contribution in [-0.4, -0.2) is 22.3 Å². The average Bonchev–Trinajstić information content (AvgIpc) is 2.68. The predicted octanol–water partition coefficient (Wildman–Crippen LogP) is 3.75. The van der Waals surface area contributed by atoms with Gasteiger partial charge in [0.25, 0.3) is 0 Å². The lowest BCUT2D eigenvalue weighted by atomic mass is 10.3. The van der Waals surface area contributed by atoms with Crippen molar-refractivity contribution < 1.29 is 13.2 Å². The van der Waals surface area contributed by atoms with Gasteiger partial charge in [-0.15, -0.1) is 0 Å². The zero-order valence-electron chi connectivity index (χ0n) is 11.0. The van der Waals surface area contributed by atoms with Gasteiger partial charge in [-0.05, 0) is 18.6 Å². The van der Waals surface area contributed by atoms with Crippen LogP contribution in [0.1, 0.15) is 19.2 Å². The highest BCUT2D eigenvalue weighted by atomic mass is 35.5. The van der Waals surface area contributed by atoms with Crippen molar-refractivity contribution in [3.8, 4) is 0 Å². The molecule has 0 spiro atoms. The molecule has 0 fully saturated rings. The van der Waals surface area contributed by atoms with E-state index in [9.17, 15) is 13.2 Å². The molecule has 7 heteroatoms. The van der Waals surface area contributed by atoms with E-state index in [1.165, 1.54) is 0 Å². The van der Waals surface area contributed by atoms with Crippen LogP contribution >= 0.6 is 11.6 Å². The van der Waals surface area contributed by atoms with E-state index < -0.39 is 12.7 Å². The molecule has 2 rings (SSSR count). The van der Waals surface area contributed by atoms with Crippen molar-refractivity contribution in [1.29, 1.82) is 0 Å². The number of nitrogens with one attached hydrogen (secondary N) is 1. The third-order valence-corrected chi connectivity index (χ3v) is 3.16. The second-order valence-electron chi connectivity index (χ2n) is 4.51. The molecule has 20 heavy (non-hydrogen) atoms. The number of fused-ring (bicyclic) bond motifs is 1. The molecule has 1 heterocycles. The number of imidazole rings is 1. The molecule has 0 aliphatic rings. The van der Waals surface area contributed by atoms with Gasteiger partial charge in [0.15, 0.2) is 0 Å². The molecule has 1 aromatic carbocycles. The average molecular weight is 306 g/mol. The molecule has 2 aromatic rings. The number of benzene rings is 1. The number of rotatable bonds is 5. The SMILES string of the molecule is CCCn1c(CNCC(F)(F)F)nc2cccc(Cl)c21. The molecule has 0 saturated heterocycles. The van der Waals surface area contributed by atoms with Crippen molar-refractivity contribution >= 4 is 22.6 Å². The summed E-state index contributed by atoms with van der Waals surface area (Å²) in [7, 11) is 0. The number of para-hydroxylation sites is 1. The van der Waals surface area contributed by atoms with Crippen molar-refractivity contribution in [2.24, 2.45) is 0 Å². The molecule has 0 radical (unpaired) electrons. The normalized spacial score (nSPS) is 12.2. The van der Waals surface area contributed by atoms with Crippen molar-refractivity contribution in [3.05, 3.63) is 29.0 Å². The van der Waals surface area contributed by atoms with Gasteiger partial charge in [0.2, 0.25) is 0 Å². The highest BCUT2D eigenvalue weighted by Crippen LogP contribution is 2.25. The molecule has 0 saturated carbocycles. The third kappa shape index (κ3) is 3.43. The first kappa shape index (κ1) is 15.1. The lowest BCUT2D eigenvalue weighted by Gasteiger charge is -2.10. The van der Waals surface area contributed by atoms with E-state index in [-0.39, 0.29) is 6.54 Å². The Morgan fingerprint density at radius 2 is 2.10 bits per heavy atom. The van der Waals surface area contributed by atoms with Gasteiger partial charge < -0.3 is 9.88 Å². The minimum Gasteiger partial charge on any atom is -0.326 e. The Balaban J connectivity index is 2.28. The molecule has 1 aromatic heterocycles. The Morgan fingerprint density at radius 3 is 2.75 bits per heavy atom. The zero-order valence-corrected chi connectivity index (χ0v) is 11.7. The van der Waals surface area contributed by atoms with E-state index in [0.717, 1.165) is 11.9 Å². The number of hydrogen-bond acceptors (Lipinski definition) is 2. The Labute approximate surface area is 119 Å². The molecule has 0 atom stereocenters. The topological polar surface area (TPSA) is 29.9 Å². The largest absolute Gasteiger partial charge is 0.401 e. The van der Waals surface area contributed by atoms with Gasteiger partial charge in [-0.1, -0.05) is 24.6 Å². The molecule has 0 aliphatic heterocycles. The maximum atomic E-state index is 12.2. The number of nitrogens with zero attached hydrogens (tertiary/aromatic N) is 2. The fourth-order valence-electron chi connectivity index (χ4n) is 2.11. The number of aromatic nitrogens is 2. The van der Waals surface area contributed by atoms with Crippen molar-refractivity contribution in [2.45, 2.75) is 32.6 Å². The summed E-state index contributed by atoms with van der Waals surface area (Å²) in [6.45, 7) is 1.69. The van der Waals surface area contributed by atoms with Crippen LogP contribution in [0, 0.1) is 0 Å². The molecule has 3 nitrogen and oxygen atoms in total. The molecule has 0 aliphatic carbocycles. The van der Waals surface area contributed by atoms with E-state index in [1.807, 2.05) is 11.5 Å². The highest BCUT2D eigenvalue weighted by Gasteiger charge is 2.26. The van der Waals surface area contributed by atoms with Crippen LogP contribution in [0.4, 0.5) is 13.2 Å². The summed E-state index contributed by atoms with van der Waals surface area (Å²) in [4.78, 5) is 4.36. The van der Waals surface area contributed by atoms with E-state index >= 15 is 0 Å². The number of hydrogen-bond donors (Lipinski definition) is 1. The van der Waals surface area contributed by atoms with Gasteiger partial charge in [0, 0.05) is 6.54 Å². The van der Waals surface area contributed by atoms with Crippen molar-refractivity contribution in [3.63, 3.8) is 0 Å². The first-order chi connectivity index (χ1) is 9.42. The van der Waals surface area contributed by atoms with Crippen LogP contribution < -0.4 is 5.32 Å². The van der Waals surface area contributed by atoms with Crippen LogP contribution in [0.5, 0.6) is 0 Å². The molecule has 0 bridgehead atoms. The molecule has 1 N–H and O–H groups in total. The molecule has 0 amide bonds. The van der Waals surface area contributed by atoms with Gasteiger partial charge in [0.1, 0.15) is 5.82 Å². The fourth-order valence-corrected chi connectivity index (χ4v) is 2.38. The second-order valence-corrected chi connectivity index (χ2v) is 4.91. The third-order valence-electron chi connectivity index (χ3n) is 2.85. The standard InChI is InChI=1S/C13H15ClF3N3/c1-2-6-20-11(7-18-8-13(15,16)17)19-10-5-3-4-9(14)12(10)20/h3-5,18H,2,6-8H2,1H3. The van der Waals surface area contributed by atoms with Gasteiger partial charge in [-0.25, -0.2) is 4.98 Å². The minimum atomic E-state index is -4.22. The summed E-state index contributed by atoms with van der Waals surface area (Å²) in [5.74, 6) is 0.569. The Morgan fingerprint density at radius 1 is 1.35 bits per heavy atom. The Kier molecular flexibility index (Phi) is 4.55. The van der Waals surface area contributed by atoms with Gasteiger partial charge in [-0.3, -0.25) is 0 Å². The van der Waals surface area contributed by atoms with Crippen LogP contribution in [-0.2, 0) is 13.1 Å². The summed E-state index contributed by atoms with van der Waals surface area (Å²) >= 11 is 6.16. The first-order valence-corrected chi connectivity index (χ1v) is 6.71. The molecule has 0 unspecified atom stereocenters. The summed E-state index contributed by atoms with van der Waals surface area (Å²) < 4.78 is 38.4. The van der Waals surface area contributed by atoms with Crippen molar-refractivity contribution in [1.82, 2.24) is 14.9 Å². The van der Waals surface area contributed by atoms with Crippen LogP contribution in [0.2, 0.25) is 5.02 Å². The van der Waals surface area contributed by atoms with E-state index in [4.69, 9.17) is 11.6 Å². The smallest absolute Gasteiger partial charge is 0.326 e. The summed E-state index contributed by atoms with van der Waals surface area (Å²) in [6, 6.07) is 5.34. The van der Waals surface area contributed by atoms with Gasteiger partial charge in [-0.2, -0.15) is 13.2 Å². The Bertz CT molecular complexity index is 592.